The fraction of sp³-hybridized carbons (Fsp3) is 0.250. The van der Waals surface area contributed by atoms with Crippen LogP contribution in [0.5, 0.6) is 0 Å². The molecule has 1 saturated carbocycles. The number of rotatable bonds is 4. The van der Waals surface area contributed by atoms with E-state index in [0.29, 0.717) is 11.8 Å². The van der Waals surface area contributed by atoms with E-state index >= 15 is 0 Å². The predicted molar refractivity (Wildman–Crippen MR) is 80.2 cm³/mol. The normalized spacial score (nSPS) is 14.3. The van der Waals surface area contributed by atoms with Gasteiger partial charge in [-0.25, -0.2) is 4.39 Å². The number of alkyl halides is 3. The van der Waals surface area contributed by atoms with Gasteiger partial charge in [0, 0.05) is 12.2 Å². The van der Waals surface area contributed by atoms with Crippen LogP contribution in [0.3, 0.4) is 0 Å². The van der Waals surface area contributed by atoms with Gasteiger partial charge in [-0.3, -0.25) is 9.78 Å². The van der Waals surface area contributed by atoms with Gasteiger partial charge in [0.1, 0.15) is 17.2 Å². The summed E-state index contributed by atoms with van der Waals surface area (Å²) in [5, 5.41) is 5.48. The van der Waals surface area contributed by atoms with Crippen molar-refractivity contribution in [2.24, 2.45) is 0 Å². The van der Waals surface area contributed by atoms with Crippen LogP contribution in [0.2, 0.25) is 0 Å². The van der Waals surface area contributed by atoms with E-state index in [4.69, 9.17) is 0 Å². The molecule has 2 aromatic rings. The van der Waals surface area contributed by atoms with Gasteiger partial charge in [-0.2, -0.15) is 13.2 Å². The molecule has 1 aromatic heterocycles. The number of anilines is 2. The second-order valence-electron chi connectivity index (χ2n) is 5.47. The third-order valence-electron chi connectivity index (χ3n) is 3.51. The maximum Gasteiger partial charge on any atom is 0.433 e. The summed E-state index contributed by atoms with van der Waals surface area (Å²) in [7, 11) is 0. The zero-order valence-corrected chi connectivity index (χ0v) is 12.3. The van der Waals surface area contributed by atoms with E-state index in [-0.39, 0.29) is 17.3 Å². The Bertz CT molecular complexity index is 755. The van der Waals surface area contributed by atoms with Crippen molar-refractivity contribution in [3.8, 4) is 0 Å². The van der Waals surface area contributed by atoms with Crippen LogP contribution in [0.4, 0.5) is 28.9 Å². The molecule has 3 rings (SSSR count). The summed E-state index contributed by atoms with van der Waals surface area (Å²) >= 11 is 0. The molecule has 0 atom stereocenters. The lowest BCUT2D eigenvalue weighted by Gasteiger charge is -2.13. The van der Waals surface area contributed by atoms with Crippen LogP contribution in [-0.4, -0.2) is 16.9 Å². The SMILES string of the molecule is O=C(Nc1c(F)cccc1NC1CC1)c1ccc(C(F)(F)F)nc1. The van der Waals surface area contributed by atoms with Crippen LogP contribution in [0.15, 0.2) is 36.5 Å². The topological polar surface area (TPSA) is 54.0 Å². The minimum absolute atomic E-state index is 0.0331. The number of nitrogens with zero attached hydrogens (tertiary/aromatic N) is 1. The number of carbonyl (C=O) groups excluding carboxylic acids is 1. The molecule has 0 spiro atoms. The summed E-state index contributed by atoms with van der Waals surface area (Å²) in [5.41, 5.74) is -0.787. The number of hydrogen-bond acceptors (Lipinski definition) is 3. The molecule has 2 N–H and O–H groups in total. The van der Waals surface area contributed by atoms with Crippen molar-refractivity contribution in [2.75, 3.05) is 10.6 Å². The van der Waals surface area contributed by atoms with Crippen LogP contribution in [0, 0.1) is 5.82 Å². The standard InChI is InChI=1S/C16H13F4N3O/c17-11-2-1-3-12(22-10-5-6-10)14(11)23-15(24)9-4-7-13(21-8-9)16(18,19)20/h1-4,7-8,10,22H,5-6H2,(H,23,24). The first kappa shape index (κ1) is 16.2. The van der Waals surface area contributed by atoms with E-state index < -0.39 is 23.6 Å². The maximum absolute atomic E-state index is 14.0. The van der Waals surface area contributed by atoms with Gasteiger partial charge in [-0.05, 0) is 37.1 Å². The molecule has 1 amide bonds. The maximum atomic E-state index is 14.0. The van der Waals surface area contributed by atoms with Crippen LogP contribution in [0.25, 0.3) is 0 Å². The number of halogens is 4. The highest BCUT2D eigenvalue weighted by atomic mass is 19.4. The van der Waals surface area contributed by atoms with Gasteiger partial charge in [0.25, 0.3) is 5.91 Å². The number of aromatic nitrogens is 1. The highest BCUT2D eigenvalue weighted by molar-refractivity contribution is 6.05. The molecule has 0 unspecified atom stereocenters. The van der Waals surface area contributed by atoms with Crippen molar-refractivity contribution < 1.29 is 22.4 Å². The summed E-state index contributed by atoms with van der Waals surface area (Å²) in [4.78, 5) is 15.4. The highest BCUT2D eigenvalue weighted by Crippen LogP contribution is 2.32. The van der Waals surface area contributed by atoms with Gasteiger partial charge < -0.3 is 10.6 Å². The number of hydrogen-bond donors (Lipinski definition) is 2. The molecule has 1 fully saturated rings. The molecular weight excluding hydrogens is 326 g/mol. The van der Waals surface area contributed by atoms with Crippen LogP contribution < -0.4 is 10.6 Å². The van der Waals surface area contributed by atoms with E-state index in [0.717, 1.165) is 25.1 Å². The Morgan fingerprint density at radius 2 is 1.92 bits per heavy atom. The molecule has 8 heteroatoms. The average molecular weight is 339 g/mol. The van der Waals surface area contributed by atoms with Crippen molar-refractivity contribution in [3.05, 3.63) is 53.6 Å². The summed E-state index contributed by atoms with van der Waals surface area (Å²) in [6.07, 6.45) is -1.84. The Labute approximate surface area is 134 Å². The van der Waals surface area contributed by atoms with Gasteiger partial charge in [0.15, 0.2) is 0 Å². The van der Waals surface area contributed by atoms with Crippen molar-refractivity contribution in [1.29, 1.82) is 0 Å². The third-order valence-corrected chi connectivity index (χ3v) is 3.51. The lowest BCUT2D eigenvalue weighted by molar-refractivity contribution is -0.141. The predicted octanol–water partition coefficient (Wildman–Crippen LogP) is 4.07. The molecule has 126 valence electrons. The lowest BCUT2D eigenvalue weighted by Crippen LogP contribution is -2.16. The Morgan fingerprint density at radius 1 is 1.17 bits per heavy atom. The minimum atomic E-state index is -4.58. The largest absolute Gasteiger partial charge is 0.433 e. The zero-order chi connectivity index (χ0) is 17.3. The van der Waals surface area contributed by atoms with E-state index in [9.17, 15) is 22.4 Å². The first-order chi connectivity index (χ1) is 11.3. The smallest absolute Gasteiger partial charge is 0.381 e. The van der Waals surface area contributed by atoms with Crippen molar-refractivity contribution in [1.82, 2.24) is 4.98 Å². The number of benzene rings is 1. The van der Waals surface area contributed by atoms with Gasteiger partial charge in [0.05, 0.1) is 11.3 Å². The van der Waals surface area contributed by atoms with Gasteiger partial charge >= 0.3 is 6.18 Å². The van der Waals surface area contributed by atoms with Crippen molar-refractivity contribution >= 4 is 17.3 Å². The van der Waals surface area contributed by atoms with Crippen LogP contribution in [0.1, 0.15) is 28.9 Å². The first-order valence-corrected chi connectivity index (χ1v) is 7.24. The molecule has 0 radical (unpaired) electrons. The number of pyridine rings is 1. The number of nitrogens with one attached hydrogen (secondary N) is 2. The van der Waals surface area contributed by atoms with E-state index in [1.807, 2.05) is 0 Å². The van der Waals surface area contributed by atoms with Crippen molar-refractivity contribution in [2.45, 2.75) is 25.1 Å². The molecule has 1 heterocycles. The lowest BCUT2D eigenvalue weighted by atomic mass is 10.2. The Balaban J connectivity index is 1.79. The van der Waals surface area contributed by atoms with Gasteiger partial charge in [0.2, 0.25) is 0 Å². The number of amides is 1. The fourth-order valence-electron chi connectivity index (χ4n) is 2.10. The summed E-state index contributed by atoms with van der Waals surface area (Å²) in [6.45, 7) is 0. The molecule has 0 aliphatic heterocycles. The van der Waals surface area contributed by atoms with Crippen LogP contribution >= 0.6 is 0 Å². The summed E-state index contributed by atoms with van der Waals surface area (Å²) in [5.74, 6) is -1.37. The fourth-order valence-corrected chi connectivity index (χ4v) is 2.10. The van der Waals surface area contributed by atoms with Crippen molar-refractivity contribution in [3.63, 3.8) is 0 Å². The molecule has 4 nitrogen and oxygen atoms in total. The Morgan fingerprint density at radius 3 is 2.50 bits per heavy atom. The monoisotopic (exact) mass is 339 g/mol. The molecule has 1 aromatic carbocycles. The Hall–Kier alpha value is -2.64. The number of para-hydroxylation sites is 1. The minimum Gasteiger partial charge on any atom is -0.381 e. The Kier molecular flexibility index (Phi) is 4.13. The average Bonchev–Trinajstić information content (AvgIpc) is 3.34. The third kappa shape index (κ3) is 3.64. The van der Waals surface area contributed by atoms with Crippen LogP contribution in [-0.2, 0) is 6.18 Å². The van der Waals surface area contributed by atoms with E-state index in [2.05, 4.69) is 15.6 Å². The molecular formula is C16H13F4N3O. The van der Waals surface area contributed by atoms with E-state index in [1.165, 1.54) is 12.1 Å². The molecule has 1 aliphatic carbocycles. The quantitative estimate of drug-likeness (QED) is 0.826. The first-order valence-electron chi connectivity index (χ1n) is 7.24. The molecule has 0 saturated heterocycles. The second kappa shape index (κ2) is 6.10. The zero-order valence-electron chi connectivity index (χ0n) is 12.3. The summed E-state index contributed by atoms with van der Waals surface area (Å²) in [6, 6.07) is 6.28. The molecule has 24 heavy (non-hydrogen) atoms. The summed E-state index contributed by atoms with van der Waals surface area (Å²) < 4.78 is 51.4. The molecule has 1 aliphatic rings. The van der Waals surface area contributed by atoms with Gasteiger partial charge in [-0.1, -0.05) is 6.07 Å². The molecule has 0 bridgehead atoms. The van der Waals surface area contributed by atoms with Gasteiger partial charge in [-0.15, -0.1) is 0 Å². The number of carbonyl (C=O) groups is 1. The van der Waals surface area contributed by atoms with E-state index in [1.54, 1.807) is 6.07 Å². The highest BCUT2D eigenvalue weighted by Gasteiger charge is 2.32. The second-order valence-corrected chi connectivity index (χ2v) is 5.47.